The summed E-state index contributed by atoms with van der Waals surface area (Å²) in [6.45, 7) is 5.70. The van der Waals surface area contributed by atoms with Gasteiger partial charge in [-0.05, 0) is 5.92 Å². The number of nitrogens with zero attached hydrogens (tertiary/aromatic N) is 1. The molecule has 0 aromatic heterocycles. The van der Waals surface area contributed by atoms with E-state index in [0.717, 1.165) is 6.54 Å². The Hall–Kier alpha value is 0.430. The summed E-state index contributed by atoms with van der Waals surface area (Å²) in [6.07, 6.45) is 0. The van der Waals surface area contributed by atoms with Gasteiger partial charge in [-0.2, -0.15) is 0 Å². The van der Waals surface area contributed by atoms with Gasteiger partial charge in [0.1, 0.15) is 0 Å². The number of hydrogen-bond acceptors (Lipinski definition) is 3. The summed E-state index contributed by atoms with van der Waals surface area (Å²) in [6, 6.07) is -0.289. The maximum Gasteiger partial charge on any atom is 1.00 e. The third kappa shape index (κ3) is 3.56. The maximum atomic E-state index is 10.2. The van der Waals surface area contributed by atoms with Crippen LogP contribution in [0.4, 0.5) is 0 Å². The standard InChI is InChI=1S/C7H13NO2.Na/c1-5(2)3-8-4-6(8)7(9)10;/h5-6H,3-4H2,1-2H3,(H,9,10);/q;+1/p-1/t6-,8?;/m0./s1. The van der Waals surface area contributed by atoms with Crippen molar-refractivity contribution >= 4 is 5.97 Å². The van der Waals surface area contributed by atoms with E-state index in [1.54, 1.807) is 0 Å². The van der Waals surface area contributed by atoms with Crippen molar-refractivity contribution in [3.05, 3.63) is 0 Å². The van der Waals surface area contributed by atoms with Gasteiger partial charge < -0.3 is 9.90 Å². The van der Waals surface area contributed by atoms with E-state index in [9.17, 15) is 9.90 Å². The van der Waals surface area contributed by atoms with Crippen LogP contribution in [0.25, 0.3) is 0 Å². The van der Waals surface area contributed by atoms with E-state index in [1.807, 2.05) is 4.90 Å². The summed E-state index contributed by atoms with van der Waals surface area (Å²) in [4.78, 5) is 12.1. The molecule has 0 bridgehead atoms. The zero-order chi connectivity index (χ0) is 7.72. The van der Waals surface area contributed by atoms with Crippen molar-refractivity contribution in [2.75, 3.05) is 13.1 Å². The Bertz CT molecular complexity index is 149. The van der Waals surface area contributed by atoms with Crippen molar-refractivity contribution < 1.29 is 39.5 Å². The molecule has 1 aliphatic rings. The van der Waals surface area contributed by atoms with Crippen molar-refractivity contribution in [1.82, 2.24) is 4.90 Å². The Morgan fingerprint density at radius 3 is 2.55 bits per heavy atom. The Morgan fingerprint density at radius 1 is 1.73 bits per heavy atom. The Morgan fingerprint density at radius 2 is 2.27 bits per heavy atom. The van der Waals surface area contributed by atoms with Gasteiger partial charge in [-0.25, -0.2) is 0 Å². The van der Waals surface area contributed by atoms with E-state index in [4.69, 9.17) is 0 Å². The summed E-state index contributed by atoms with van der Waals surface area (Å²) in [5.41, 5.74) is 0. The van der Waals surface area contributed by atoms with E-state index >= 15 is 0 Å². The summed E-state index contributed by atoms with van der Waals surface area (Å²) >= 11 is 0. The quantitative estimate of drug-likeness (QED) is 0.317. The van der Waals surface area contributed by atoms with E-state index < -0.39 is 5.97 Å². The van der Waals surface area contributed by atoms with Gasteiger partial charge in [-0.15, -0.1) is 0 Å². The molecule has 1 fully saturated rings. The van der Waals surface area contributed by atoms with Crippen LogP contribution in [0.5, 0.6) is 0 Å². The van der Waals surface area contributed by atoms with E-state index in [2.05, 4.69) is 13.8 Å². The molecule has 0 aromatic carbocycles. The van der Waals surface area contributed by atoms with Crippen LogP contribution < -0.4 is 34.7 Å². The van der Waals surface area contributed by atoms with Gasteiger partial charge in [0.2, 0.25) is 0 Å². The molecule has 58 valence electrons. The molecule has 1 aliphatic heterocycles. The first-order valence-electron chi connectivity index (χ1n) is 3.56. The molecule has 4 heteroatoms. The van der Waals surface area contributed by atoms with Crippen molar-refractivity contribution in [3.63, 3.8) is 0 Å². The van der Waals surface area contributed by atoms with Gasteiger partial charge >= 0.3 is 29.6 Å². The fourth-order valence-corrected chi connectivity index (χ4v) is 1.07. The second-order valence-electron chi connectivity index (χ2n) is 3.18. The Kier molecular flexibility index (Phi) is 4.63. The molecule has 0 aliphatic carbocycles. The SMILES string of the molecule is CC(C)CN1C[C@H]1C(=O)[O-].[Na+]. The number of carboxylic acids is 1. The number of carboxylic acid groups (broad SMARTS) is 1. The molecule has 0 spiro atoms. The monoisotopic (exact) mass is 165 g/mol. The van der Waals surface area contributed by atoms with Crippen LogP contribution in [0.2, 0.25) is 0 Å². The van der Waals surface area contributed by atoms with Gasteiger partial charge in [0.15, 0.2) is 0 Å². The molecule has 11 heavy (non-hydrogen) atoms. The zero-order valence-electron chi connectivity index (χ0n) is 7.33. The van der Waals surface area contributed by atoms with Gasteiger partial charge in [0.25, 0.3) is 0 Å². The van der Waals surface area contributed by atoms with Gasteiger partial charge in [-0.1, -0.05) is 13.8 Å². The second-order valence-corrected chi connectivity index (χ2v) is 3.18. The molecule has 1 saturated heterocycles. The molecule has 0 saturated carbocycles. The van der Waals surface area contributed by atoms with Crippen LogP contribution in [0.15, 0.2) is 0 Å². The number of rotatable bonds is 3. The molecule has 0 N–H and O–H groups in total. The number of carbonyl (C=O) groups is 1. The molecule has 0 aromatic rings. The smallest absolute Gasteiger partial charge is 0.548 e. The first kappa shape index (κ1) is 11.4. The molecule has 0 amide bonds. The maximum absolute atomic E-state index is 10.2. The van der Waals surface area contributed by atoms with Crippen LogP contribution in [0, 0.1) is 5.92 Å². The predicted octanol–water partition coefficient (Wildman–Crippen LogP) is -3.92. The largest absolute Gasteiger partial charge is 1.00 e. The van der Waals surface area contributed by atoms with Crippen molar-refractivity contribution in [2.45, 2.75) is 19.9 Å². The van der Waals surface area contributed by atoms with Gasteiger partial charge in [0, 0.05) is 13.1 Å². The topological polar surface area (TPSA) is 43.1 Å². The van der Waals surface area contributed by atoms with Crippen molar-refractivity contribution in [1.29, 1.82) is 0 Å². The average molecular weight is 165 g/mol. The molecule has 1 rings (SSSR count). The van der Waals surface area contributed by atoms with Crippen LogP contribution in [-0.2, 0) is 4.79 Å². The van der Waals surface area contributed by atoms with Gasteiger partial charge in [0.05, 0.1) is 12.0 Å². The number of aliphatic carboxylic acids is 1. The first-order valence-corrected chi connectivity index (χ1v) is 3.56. The molecule has 2 atom stereocenters. The molecule has 1 unspecified atom stereocenters. The number of carbonyl (C=O) groups excluding carboxylic acids is 1. The second kappa shape index (κ2) is 4.45. The third-order valence-electron chi connectivity index (χ3n) is 1.59. The van der Waals surface area contributed by atoms with Crippen molar-refractivity contribution in [3.8, 4) is 0 Å². The molecule has 1 heterocycles. The Balaban J connectivity index is 0.000001000. The average Bonchev–Trinajstić information content (AvgIpc) is 2.43. The fourth-order valence-electron chi connectivity index (χ4n) is 1.07. The van der Waals surface area contributed by atoms with Crippen molar-refractivity contribution in [2.24, 2.45) is 5.92 Å². The summed E-state index contributed by atoms with van der Waals surface area (Å²) in [5, 5.41) is 10.2. The first-order chi connectivity index (χ1) is 4.61. The van der Waals surface area contributed by atoms with Crippen LogP contribution >= 0.6 is 0 Å². The zero-order valence-corrected chi connectivity index (χ0v) is 9.33. The molecular weight excluding hydrogens is 153 g/mol. The van der Waals surface area contributed by atoms with Crippen LogP contribution in [0.1, 0.15) is 13.8 Å². The summed E-state index contributed by atoms with van der Waals surface area (Å²) < 4.78 is 0. The van der Waals surface area contributed by atoms with Crippen LogP contribution in [0.3, 0.4) is 0 Å². The fraction of sp³-hybridized carbons (Fsp3) is 0.857. The minimum atomic E-state index is -0.930. The van der Waals surface area contributed by atoms with Crippen LogP contribution in [-0.4, -0.2) is 30.0 Å². The van der Waals surface area contributed by atoms with E-state index in [0.29, 0.717) is 12.5 Å². The molecule has 0 radical (unpaired) electrons. The van der Waals surface area contributed by atoms with Gasteiger partial charge in [-0.3, -0.25) is 4.90 Å². The minimum absolute atomic E-state index is 0. The predicted molar refractivity (Wildman–Crippen MR) is 35.2 cm³/mol. The summed E-state index contributed by atoms with van der Waals surface area (Å²) in [7, 11) is 0. The summed E-state index contributed by atoms with van der Waals surface area (Å²) in [5.74, 6) is -0.384. The molecular formula is C7H12NNaO2. The normalized spacial score (nSPS) is 27.9. The third-order valence-corrected chi connectivity index (χ3v) is 1.59. The number of hydrogen-bond donors (Lipinski definition) is 0. The molecule has 3 nitrogen and oxygen atoms in total. The minimum Gasteiger partial charge on any atom is -0.548 e. The van der Waals surface area contributed by atoms with E-state index in [1.165, 1.54) is 0 Å². The Labute approximate surface area is 89.1 Å². The van der Waals surface area contributed by atoms with E-state index in [-0.39, 0.29) is 35.6 Å².